The average molecular weight is 417 g/mol. The summed E-state index contributed by atoms with van der Waals surface area (Å²) in [6.45, 7) is 0.842. The molecule has 0 saturated carbocycles. The van der Waals surface area contributed by atoms with E-state index >= 15 is 0 Å². The van der Waals surface area contributed by atoms with Gasteiger partial charge in [0.2, 0.25) is 5.91 Å². The molecule has 2 aromatic carbocycles. The van der Waals surface area contributed by atoms with E-state index in [2.05, 4.69) is 10.1 Å². The van der Waals surface area contributed by atoms with Gasteiger partial charge in [-0.05, 0) is 48.4 Å². The molecule has 0 saturated heterocycles. The van der Waals surface area contributed by atoms with Crippen molar-refractivity contribution >= 4 is 23.2 Å². The number of benzene rings is 2. The van der Waals surface area contributed by atoms with Gasteiger partial charge in [0.15, 0.2) is 6.61 Å². The van der Waals surface area contributed by atoms with Crippen LogP contribution in [0.2, 0.25) is 0 Å². The summed E-state index contributed by atoms with van der Waals surface area (Å²) in [7, 11) is 0. The van der Waals surface area contributed by atoms with Gasteiger partial charge in [-0.3, -0.25) is 9.59 Å². The van der Waals surface area contributed by atoms with Crippen molar-refractivity contribution in [2.24, 2.45) is 0 Å². The third kappa shape index (κ3) is 4.71. The van der Waals surface area contributed by atoms with E-state index < -0.39 is 18.7 Å². The van der Waals surface area contributed by atoms with E-state index in [0.717, 1.165) is 11.3 Å². The van der Waals surface area contributed by atoms with Crippen LogP contribution in [0.4, 0.5) is 24.5 Å². The van der Waals surface area contributed by atoms with Crippen LogP contribution in [0.5, 0.6) is 5.75 Å². The number of fused-ring (bicyclic) bond motifs is 1. The maximum absolute atomic E-state index is 12.6. The van der Waals surface area contributed by atoms with Crippen LogP contribution in [0.1, 0.15) is 34.8 Å². The first-order valence-electron chi connectivity index (χ1n) is 9.20. The molecule has 0 atom stereocenters. The minimum atomic E-state index is -4.52. The largest absolute Gasteiger partial charge is 0.483 e. The first-order valence-corrected chi connectivity index (χ1v) is 9.20. The molecular formula is C21H18F3N3O3. The van der Waals surface area contributed by atoms with Crippen LogP contribution >= 0.6 is 0 Å². The Labute approximate surface area is 170 Å². The Hall–Kier alpha value is -3.54. The number of nitrogens with one attached hydrogen (secondary N) is 1. The first kappa shape index (κ1) is 21.2. The number of amides is 2. The first-order chi connectivity index (χ1) is 14.2. The van der Waals surface area contributed by atoms with Crippen molar-refractivity contribution in [1.82, 2.24) is 0 Å². The second-order valence-electron chi connectivity index (χ2n) is 6.67. The summed E-state index contributed by atoms with van der Waals surface area (Å²) < 4.78 is 41.6. The highest BCUT2D eigenvalue weighted by molar-refractivity contribution is 6.05. The van der Waals surface area contributed by atoms with E-state index in [9.17, 15) is 22.8 Å². The number of carbonyl (C=O) groups excluding carboxylic acids is 2. The third-order valence-corrected chi connectivity index (χ3v) is 4.59. The SMILES string of the molecule is CCC(=O)N1CCc2cc(C(=O)Nc3ccc(OCC(F)(F)F)c(C#N)c3)ccc21. The van der Waals surface area contributed by atoms with Crippen LogP contribution in [0.15, 0.2) is 36.4 Å². The molecule has 0 fully saturated rings. The van der Waals surface area contributed by atoms with Gasteiger partial charge in [-0.15, -0.1) is 0 Å². The molecule has 0 spiro atoms. The fraction of sp³-hybridized carbons (Fsp3) is 0.286. The Kier molecular flexibility index (Phi) is 5.96. The van der Waals surface area contributed by atoms with Crippen molar-refractivity contribution in [3.8, 4) is 11.8 Å². The molecule has 2 aromatic rings. The van der Waals surface area contributed by atoms with Gasteiger partial charge in [-0.2, -0.15) is 18.4 Å². The molecule has 0 unspecified atom stereocenters. The van der Waals surface area contributed by atoms with E-state index in [1.165, 1.54) is 18.2 Å². The zero-order valence-electron chi connectivity index (χ0n) is 16.0. The highest BCUT2D eigenvalue weighted by atomic mass is 19.4. The van der Waals surface area contributed by atoms with Crippen LogP contribution in [0, 0.1) is 11.3 Å². The van der Waals surface area contributed by atoms with Crippen molar-refractivity contribution in [2.45, 2.75) is 25.9 Å². The molecule has 30 heavy (non-hydrogen) atoms. The summed E-state index contributed by atoms with van der Waals surface area (Å²) in [5.74, 6) is -0.639. The van der Waals surface area contributed by atoms with Gasteiger partial charge in [-0.25, -0.2) is 0 Å². The number of hydrogen-bond donors (Lipinski definition) is 1. The van der Waals surface area contributed by atoms with E-state index in [0.29, 0.717) is 24.9 Å². The number of hydrogen-bond acceptors (Lipinski definition) is 4. The number of rotatable bonds is 5. The van der Waals surface area contributed by atoms with Crippen LogP contribution in [0.25, 0.3) is 0 Å². The zero-order chi connectivity index (χ0) is 21.9. The highest BCUT2D eigenvalue weighted by Crippen LogP contribution is 2.30. The Balaban J connectivity index is 1.74. The number of carbonyl (C=O) groups is 2. The lowest BCUT2D eigenvalue weighted by molar-refractivity contribution is -0.153. The van der Waals surface area contributed by atoms with Crippen LogP contribution in [0.3, 0.4) is 0 Å². The van der Waals surface area contributed by atoms with Crippen molar-refractivity contribution in [2.75, 3.05) is 23.4 Å². The number of alkyl halides is 3. The predicted molar refractivity (Wildman–Crippen MR) is 103 cm³/mol. The van der Waals surface area contributed by atoms with E-state index in [1.807, 2.05) is 0 Å². The highest BCUT2D eigenvalue weighted by Gasteiger charge is 2.29. The molecule has 156 valence electrons. The number of anilines is 2. The van der Waals surface area contributed by atoms with Crippen molar-refractivity contribution < 1.29 is 27.5 Å². The van der Waals surface area contributed by atoms with Gasteiger partial charge in [0.25, 0.3) is 5.91 Å². The minimum Gasteiger partial charge on any atom is -0.483 e. The summed E-state index contributed by atoms with van der Waals surface area (Å²) in [5.41, 5.74) is 2.17. The van der Waals surface area contributed by atoms with Crippen LogP contribution in [-0.2, 0) is 11.2 Å². The standard InChI is InChI=1S/C21H18F3N3O3/c1-2-19(28)27-8-7-13-9-14(3-5-17(13)27)20(29)26-16-4-6-18(15(10-16)11-25)30-12-21(22,23)24/h3-6,9-10H,2,7-8,12H2,1H3,(H,26,29). The summed E-state index contributed by atoms with van der Waals surface area (Å²) in [5, 5.41) is 11.8. The van der Waals surface area contributed by atoms with Gasteiger partial charge >= 0.3 is 6.18 Å². The van der Waals surface area contributed by atoms with Gasteiger partial charge in [0.1, 0.15) is 11.8 Å². The molecule has 3 rings (SSSR count). The maximum Gasteiger partial charge on any atom is 0.422 e. The molecule has 0 bridgehead atoms. The van der Waals surface area contributed by atoms with E-state index in [4.69, 9.17) is 5.26 Å². The molecular weight excluding hydrogens is 399 g/mol. The number of nitriles is 1. The minimum absolute atomic E-state index is 0.0165. The summed E-state index contributed by atoms with van der Waals surface area (Å²) >= 11 is 0. The quantitative estimate of drug-likeness (QED) is 0.796. The van der Waals surface area contributed by atoms with Crippen molar-refractivity contribution in [3.05, 3.63) is 53.1 Å². The van der Waals surface area contributed by atoms with Crippen LogP contribution < -0.4 is 15.0 Å². The fourth-order valence-corrected chi connectivity index (χ4v) is 3.18. The van der Waals surface area contributed by atoms with E-state index in [1.54, 1.807) is 36.1 Å². The summed E-state index contributed by atoms with van der Waals surface area (Å²) in [4.78, 5) is 26.2. The smallest absolute Gasteiger partial charge is 0.422 e. The Bertz CT molecular complexity index is 1030. The number of halogens is 3. The molecule has 0 radical (unpaired) electrons. The summed E-state index contributed by atoms with van der Waals surface area (Å²) in [6.07, 6.45) is -3.48. The van der Waals surface area contributed by atoms with Crippen molar-refractivity contribution in [3.63, 3.8) is 0 Å². The maximum atomic E-state index is 12.6. The lowest BCUT2D eigenvalue weighted by Crippen LogP contribution is -2.27. The monoisotopic (exact) mass is 417 g/mol. The number of ether oxygens (including phenoxy) is 1. The fourth-order valence-electron chi connectivity index (χ4n) is 3.18. The number of nitrogens with zero attached hydrogens (tertiary/aromatic N) is 2. The van der Waals surface area contributed by atoms with Gasteiger partial charge in [-0.1, -0.05) is 6.92 Å². The second kappa shape index (κ2) is 8.45. The van der Waals surface area contributed by atoms with Gasteiger partial charge < -0.3 is 15.0 Å². The molecule has 2 amide bonds. The molecule has 0 aliphatic carbocycles. The normalized spacial score (nSPS) is 12.8. The van der Waals surface area contributed by atoms with Crippen LogP contribution in [-0.4, -0.2) is 31.1 Å². The van der Waals surface area contributed by atoms with Crippen molar-refractivity contribution in [1.29, 1.82) is 5.26 Å². The van der Waals surface area contributed by atoms with Gasteiger partial charge in [0.05, 0.1) is 5.56 Å². The molecule has 1 aliphatic heterocycles. The third-order valence-electron chi connectivity index (χ3n) is 4.59. The molecule has 0 aromatic heterocycles. The molecule has 1 heterocycles. The lowest BCUT2D eigenvalue weighted by atomic mass is 10.1. The molecule has 1 N–H and O–H groups in total. The molecule has 1 aliphatic rings. The topological polar surface area (TPSA) is 82.4 Å². The predicted octanol–water partition coefficient (Wildman–Crippen LogP) is 4.05. The second-order valence-corrected chi connectivity index (χ2v) is 6.67. The van der Waals surface area contributed by atoms with Gasteiger partial charge in [0, 0.05) is 29.9 Å². The Morgan fingerprint density at radius 3 is 2.67 bits per heavy atom. The zero-order valence-corrected chi connectivity index (χ0v) is 16.0. The van der Waals surface area contributed by atoms with E-state index in [-0.39, 0.29) is 22.9 Å². The molecule has 9 heteroatoms. The Morgan fingerprint density at radius 1 is 1.23 bits per heavy atom. The molecule has 6 nitrogen and oxygen atoms in total. The lowest BCUT2D eigenvalue weighted by Gasteiger charge is -2.16. The average Bonchev–Trinajstić information content (AvgIpc) is 3.14. The Morgan fingerprint density at radius 2 is 2.00 bits per heavy atom. The summed E-state index contributed by atoms with van der Waals surface area (Å²) in [6, 6.07) is 10.6.